The predicted octanol–water partition coefficient (Wildman–Crippen LogP) is 1.66. The van der Waals surface area contributed by atoms with Crippen molar-refractivity contribution < 1.29 is 9.53 Å². The van der Waals surface area contributed by atoms with E-state index in [-0.39, 0.29) is 12.1 Å². The summed E-state index contributed by atoms with van der Waals surface area (Å²) in [5.41, 5.74) is 1.10. The lowest BCUT2D eigenvalue weighted by Gasteiger charge is -2.11. The van der Waals surface area contributed by atoms with Crippen LogP contribution in [0, 0.1) is 0 Å². The molecule has 0 bridgehead atoms. The van der Waals surface area contributed by atoms with Crippen LogP contribution in [0.1, 0.15) is 18.4 Å². The zero-order valence-corrected chi connectivity index (χ0v) is 9.82. The van der Waals surface area contributed by atoms with Gasteiger partial charge in [0.05, 0.1) is 6.10 Å². The highest BCUT2D eigenvalue weighted by Crippen LogP contribution is 2.10. The molecule has 4 nitrogen and oxygen atoms in total. The Morgan fingerprint density at radius 1 is 1.29 bits per heavy atom. The molecule has 2 N–H and O–H groups in total. The topological polar surface area (TPSA) is 50.4 Å². The number of hydrogen-bond donors (Lipinski definition) is 2. The average molecular weight is 234 g/mol. The normalized spacial score (nSPS) is 18.9. The number of hydrogen-bond acceptors (Lipinski definition) is 2. The van der Waals surface area contributed by atoms with Gasteiger partial charge in [-0.2, -0.15) is 0 Å². The zero-order valence-electron chi connectivity index (χ0n) is 9.82. The Bertz CT molecular complexity index is 348. The SMILES string of the molecule is O=C(NCc1ccccc1)NCC1CCCO1. The van der Waals surface area contributed by atoms with Crippen LogP contribution in [0.5, 0.6) is 0 Å². The summed E-state index contributed by atoms with van der Waals surface area (Å²) in [6.07, 6.45) is 2.33. The third kappa shape index (κ3) is 4.07. The second-order valence-electron chi connectivity index (χ2n) is 4.18. The van der Waals surface area contributed by atoms with Crippen LogP contribution in [0.4, 0.5) is 4.79 Å². The molecule has 1 aliphatic rings. The van der Waals surface area contributed by atoms with E-state index in [2.05, 4.69) is 10.6 Å². The molecule has 4 heteroatoms. The lowest BCUT2D eigenvalue weighted by Crippen LogP contribution is -2.39. The minimum absolute atomic E-state index is 0.135. The minimum Gasteiger partial charge on any atom is -0.376 e. The van der Waals surface area contributed by atoms with E-state index < -0.39 is 0 Å². The molecule has 1 heterocycles. The fourth-order valence-corrected chi connectivity index (χ4v) is 1.85. The molecule has 0 saturated carbocycles. The second kappa shape index (κ2) is 6.25. The van der Waals surface area contributed by atoms with Crippen molar-refractivity contribution in [2.75, 3.05) is 13.2 Å². The van der Waals surface area contributed by atoms with Crippen LogP contribution in [-0.4, -0.2) is 25.3 Å². The van der Waals surface area contributed by atoms with Gasteiger partial charge < -0.3 is 15.4 Å². The Kier molecular flexibility index (Phi) is 4.38. The molecule has 1 saturated heterocycles. The van der Waals surface area contributed by atoms with Crippen molar-refractivity contribution in [1.29, 1.82) is 0 Å². The first kappa shape index (κ1) is 11.9. The third-order valence-electron chi connectivity index (χ3n) is 2.81. The third-order valence-corrected chi connectivity index (χ3v) is 2.81. The maximum Gasteiger partial charge on any atom is 0.315 e. The highest BCUT2D eigenvalue weighted by molar-refractivity contribution is 5.73. The molecule has 1 aromatic carbocycles. The standard InChI is InChI=1S/C13H18N2O2/c16-13(15-10-12-7-4-8-17-12)14-9-11-5-2-1-3-6-11/h1-3,5-6,12H,4,7-10H2,(H2,14,15,16). The summed E-state index contributed by atoms with van der Waals surface area (Å²) < 4.78 is 5.42. The maximum atomic E-state index is 11.5. The highest BCUT2D eigenvalue weighted by atomic mass is 16.5. The average Bonchev–Trinajstić information content (AvgIpc) is 2.88. The van der Waals surface area contributed by atoms with Gasteiger partial charge in [-0.3, -0.25) is 0 Å². The van der Waals surface area contributed by atoms with Gasteiger partial charge in [-0.05, 0) is 18.4 Å². The Labute approximate surface area is 101 Å². The molecular weight excluding hydrogens is 216 g/mol. The van der Waals surface area contributed by atoms with E-state index in [1.54, 1.807) is 0 Å². The van der Waals surface area contributed by atoms with E-state index in [9.17, 15) is 4.79 Å². The van der Waals surface area contributed by atoms with E-state index in [0.717, 1.165) is 25.0 Å². The lowest BCUT2D eigenvalue weighted by atomic mass is 10.2. The molecule has 0 radical (unpaired) electrons. The van der Waals surface area contributed by atoms with Crippen LogP contribution in [-0.2, 0) is 11.3 Å². The first-order valence-electron chi connectivity index (χ1n) is 6.02. The van der Waals surface area contributed by atoms with Gasteiger partial charge in [-0.15, -0.1) is 0 Å². The van der Waals surface area contributed by atoms with Gasteiger partial charge in [0.1, 0.15) is 0 Å². The maximum absolute atomic E-state index is 11.5. The summed E-state index contributed by atoms with van der Waals surface area (Å²) in [5.74, 6) is 0. The van der Waals surface area contributed by atoms with Crippen molar-refractivity contribution in [1.82, 2.24) is 10.6 Å². The summed E-state index contributed by atoms with van der Waals surface area (Å²) in [6, 6.07) is 9.72. The zero-order chi connectivity index (χ0) is 11.9. The number of carbonyl (C=O) groups is 1. The van der Waals surface area contributed by atoms with Crippen molar-refractivity contribution in [3.8, 4) is 0 Å². The molecule has 1 aromatic rings. The van der Waals surface area contributed by atoms with Gasteiger partial charge in [0, 0.05) is 19.7 Å². The fourth-order valence-electron chi connectivity index (χ4n) is 1.85. The van der Waals surface area contributed by atoms with Crippen LogP contribution in [0.2, 0.25) is 0 Å². The van der Waals surface area contributed by atoms with Gasteiger partial charge in [0.25, 0.3) is 0 Å². The number of urea groups is 1. The largest absolute Gasteiger partial charge is 0.376 e. The van der Waals surface area contributed by atoms with Gasteiger partial charge >= 0.3 is 6.03 Å². The van der Waals surface area contributed by atoms with Gasteiger partial charge in [-0.25, -0.2) is 4.79 Å². The van der Waals surface area contributed by atoms with Crippen molar-refractivity contribution in [2.24, 2.45) is 0 Å². The second-order valence-corrected chi connectivity index (χ2v) is 4.18. The van der Waals surface area contributed by atoms with Crippen LogP contribution < -0.4 is 10.6 Å². The number of amides is 2. The first-order chi connectivity index (χ1) is 8.34. The molecular formula is C13H18N2O2. The fraction of sp³-hybridized carbons (Fsp3) is 0.462. The van der Waals surface area contributed by atoms with Crippen LogP contribution >= 0.6 is 0 Å². The monoisotopic (exact) mass is 234 g/mol. The van der Waals surface area contributed by atoms with E-state index >= 15 is 0 Å². The van der Waals surface area contributed by atoms with Gasteiger partial charge in [0.15, 0.2) is 0 Å². The Morgan fingerprint density at radius 3 is 2.82 bits per heavy atom. The summed E-state index contributed by atoms with van der Waals surface area (Å²) in [4.78, 5) is 11.5. The van der Waals surface area contributed by atoms with Crippen LogP contribution in [0.3, 0.4) is 0 Å². The highest BCUT2D eigenvalue weighted by Gasteiger charge is 2.15. The van der Waals surface area contributed by atoms with E-state index in [0.29, 0.717) is 13.1 Å². The summed E-state index contributed by atoms with van der Waals surface area (Å²) in [7, 11) is 0. The predicted molar refractivity (Wildman–Crippen MR) is 65.7 cm³/mol. The van der Waals surface area contributed by atoms with E-state index in [1.165, 1.54) is 0 Å². The molecule has 92 valence electrons. The van der Waals surface area contributed by atoms with Crippen molar-refractivity contribution >= 4 is 6.03 Å². The number of rotatable bonds is 4. The minimum atomic E-state index is -0.135. The number of nitrogens with one attached hydrogen (secondary N) is 2. The van der Waals surface area contributed by atoms with Gasteiger partial charge in [-0.1, -0.05) is 30.3 Å². The van der Waals surface area contributed by atoms with E-state index in [4.69, 9.17) is 4.74 Å². The number of benzene rings is 1. The Hall–Kier alpha value is -1.55. The molecule has 0 aliphatic carbocycles. The van der Waals surface area contributed by atoms with Crippen LogP contribution in [0.25, 0.3) is 0 Å². The molecule has 2 amide bonds. The summed E-state index contributed by atoms with van der Waals surface area (Å²) in [5, 5.41) is 5.64. The summed E-state index contributed by atoms with van der Waals surface area (Å²) in [6.45, 7) is 1.97. The van der Waals surface area contributed by atoms with Crippen LogP contribution in [0.15, 0.2) is 30.3 Å². The number of carbonyl (C=O) groups excluding carboxylic acids is 1. The van der Waals surface area contributed by atoms with Crippen molar-refractivity contribution in [2.45, 2.75) is 25.5 Å². The molecule has 17 heavy (non-hydrogen) atoms. The first-order valence-corrected chi connectivity index (χ1v) is 6.02. The number of ether oxygens (including phenoxy) is 1. The van der Waals surface area contributed by atoms with Crippen molar-refractivity contribution in [3.63, 3.8) is 0 Å². The molecule has 0 spiro atoms. The van der Waals surface area contributed by atoms with Crippen molar-refractivity contribution in [3.05, 3.63) is 35.9 Å². The molecule has 1 unspecified atom stereocenters. The lowest BCUT2D eigenvalue weighted by molar-refractivity contribution is 0.111. The Morgan fingerprint density at radius 2 is 2.12 bits per heavy atom. The van der Waals surface area contributed by atoms with Gasteiger partial charge in [0.2, 0.25) is 0 Å². The smallest absolute Gasteiger partial charge is 0.315 e. The summed E-state index contributed by atoms with van der Waals surface area (Å²) >= 11 is 0. The molecule has 1 atom stereocenters. The quantitative estimate of drug-likeness (QED) is 0.832. The molecule has 0 aromatic heterocycles. The molecule has 1 fully saturated rings. The Balaban J connectivity index is 1.64. The van der Waals surface area contributed by atoms with E-state index in [1.807, 2.05) is 30.3 Å². The molecule has 2 rings (SSSR count). The molecule has 1 aliphatic heterocycles.